The Balaban J connectivity index is 2.30. The van der Waals surface area contributed by atoms with Crippen molar-refractivity contribution in [3.63, 3.8) is 0 Å². The third kappa shape index (κ3) is 5.06. The molecule has 13 heteroatoms. The minimum Gasteiger partial charge on any atom is -0.307 e. The second-order valence-electron chi connectivity index (χ2n) is 12.7. The molecule has 0 aromatic rings. The quantitative estimate of drug-likeness (QED) is 0.445. The first kappa shape index (κ1) is 31.6. The van der Waals surface area contributed by atoms with Gasteiger partial charge in [0.25, 0.3) is 0 Å². The minimum atomic E-state index is -2.16. The molecule has 0 aromatic carbocycles. The molecule has 1 aliphatic carbocycles. The van der Waals surface area contributed by atoms with Crippen molar-refractivity contribution in [3.05, 3.63) is 0 Å². The van der Waals surface area contributed by atoms with Gasteiger partial charge in [0.15, 0.2) is 15.0 Å². The van der Waals surface area contributed by atoms with Gasteiger partial charge in [-0.05, 0) is 98.7 Å². The average Bonchev–Trinajstić information content (AvgIpc) is 2.75. The third-order valence-corrected chi connectivity index (χ3v) is 16.6. The second-order valence-corrected chi connectivity index (χ2v) is 20.1. The fourth-order valence-corrected chi connectivity index (χ4v) is 14.7. The second kappa shape index (κ2) is 11.2. The lowest BCUT2D eigenvalue weighted by Gasteiger charge is -2.63. The molecule has 3 fully saturated rings. The maximum atomic E-state index is 7.68. The Labute approximate surface area is 228 Å². The van der Waals surface area contributed by atoms with Gasteiger partial charge in [0, 0.05) is 49.9 Å². The van der Waals surface area contributed by atoms with E-state index < -0.39 is 20.7 Å². The normalized spacial score (nSPS) is 33.9. The summed E-state index contributed by atoms with van der Waals surface area (Å²) in [5.41, 5.74) is 7.08. The van der Waals surface area contributed by atoms with Gasteiger partial charge in [0.05, 0.1) is 6.04 Å². The number of likely N-dealkylation sites (tertiary alicyclic amines) is 2. The Morgan fingerprint density at radius 3 is 1.24 bits per heavy atom. The van der Waals surface area contributed by atoms with Crippen molar-refractivity contribution < 1.29 is 0 Å². The molecule has 0 aromatic heterocycles. The monoisotopic (exact) mass is 561 g/mol. The summed E-state index contributed by atoms with van der Waals surface area (Å²) in [6, 6.07) is 0.262. The number of piperidine rings is 2. The molecule has 2 saturated heterocycles. The predicted octanol–water partition coefficient (Wildman–Crippen LogP) is 1.64. The highest BCUT2D eigenvalue weighted by Crippen LogP contribution is 2.63. The maximum absolute atomic E-state index is 7.68. The van der Waals surface area contributed by atoms with E-state index in [4.69, 9.17) is 15.2 Å². The highest BCUT2D eigenvalue weighted by molar-refractivity contribution is 7.59. The lowest BCUT2D eigenvalue weighted by Crippen LogP contribution is -2.75. The molecule has 3 aliphatic rings. The number of hydrogen-bond acceptors (Lipinski definition) is 5. The van der Waals surface area contributed by atoms with Crippen molar-refractivity contribution >= 4 is 15.0 Å². The van der Waals surface area contributed by atoms with Crippen LogP contribution in [0.4, 0.5) is 0 Å². The fraction of sp³-hybridized carbons (Fsp3) is 1.00. The van der Waals surface area contributed by atoms with Crippen LogP contribution in [0.25, 0.3) is 0 Å². The van der Waals surface area contributed by atoms with E-state index in [-0.39, 0.29) is 17.9 Å². The van der Waals surface area contributed by atoms with Crippen LogP contribution in [0.15, 0.2) is 9.49 Å². The first-order valence-electron chi connectivity index (χ1n) is 13.4. The van der Waals surface area contributed by atoms with E-state index in [2.05, 4.69) is 136 Å². The summed E-state index contributed by atoms with van der Waals surface area (Å²) in [5, 5.41) is 0. The van der Waals surface area contributed by atoms with Gasteiger partial charge in [-0.2, -0.15) is 0 Å². The first-order valence-corrected chi connectivity index (χ1v) is 16.6. The molecule has 4 bridgehead atoms. The summed E-state index contributed by atoms with van der Waals surface area (Å²) in [4.78, 5) is 5.03. The van der Waals surface area contributed by atoms with Gasteiger partial charge in [-0.25, -0.2) is 4.74 Å². The van der Waals surface area contributed by atoms with Crippen molar-refractivity contribution in [2.75, 3.05) is 125 Å². The van der Waals surface area contributed by atoms with Crippen LogP contribution in [0.5, 0.6) is 0 Å². The standard InChI is InChI=1S/C24H57N11P2/c1-28(2)36(29(3)4,30(5)6)26-23-19-15-34(13)16-20(23)22-18-35(14)17-21(19)24(22,25)27-37(31(7)8,32(9)10)33(11)12/h19-23H,15-18,25H2,1-14H3. The van der Waals surface area contributed by atoms with Crippen LogP contribution in [0.3, 0.4) is 0 Å². The van der Waals surface area contributed by atoms with E-state index in [1.165, 1.54) is 0 Å². The van der Waals surface area contributed by atoms with E-state index in [0.717, 1.165) is 26.2 Å². The van der Waals surface area contributed by atoms with Gasteiger partial charge >= 0.3 is 0 Å². The zero-order valence-electron chi connectivity index (χ0n) is 26.2. The van der Waals surface area contributed by atoms with E-state index in [0.29, 0.717) is 11.8 Å². The number of fused-ring (bicyclic) bond motifs is 6. The number of rotatable bonds is 8. The van der Waals surface area contributed by atoms with E-state index >= 15 is 0 Å². The molecular weight excluding hydrogens is 504 g/mol. The number of nitrogens with two attached hydrogens (primary N) is 1. The molecule has 11 nitrogen and oxygen atoms in total. The SMILES string of the molecule is CN1CC2C(N=P(N(C)C)(N(C)C)N(C)C)C(C1)C1CN(C)CC2C1(N)N=P(N(C)C)(N(C)C)N(C)C. The fourth-order valence-electron chi connectivity index (χ4n) is 7.78. The van der Waals surface area contributed by atoms with Crippen LogP contribution >= 0.6 is 15.0 Å². The Hall–Kier alpha value is 0.1000. The molecule has 37 heavy (non-hydrogen) atoms. The van der Waals surface area contributed by atoms with Gasteiger partial charge in [-0.1, -0.05) is 0 Å². The molecule has 0 radical (unpaired) electrons. The average molecular weight is 562 g/mol. The van der Waals surface area contributed by atoms with Gasteiger partial charge in [-0.15, -0.1) is 0 Å². The Morgan fingerprint density at radius 1 is 0.595 bits per heavy atom. The van der Waals surface area contributed by atoms with Crippen molar-refractivity contribution in [2.24, 2.45) is 38.9 Å². The van der Waals surface area contributed by atoms with Gasteiger partial charge < -0.3 is 15.5 Å². The number of nitrogens with zero attached hydrogens (tertiary/aromatic N) is 10. The topological polar surface area (TPSA) is 76.7 Å². The predicted molar refractivity (Wildman–Crippen MR) is 160 cm³/mol. The van der Waals surface area contributed by atoms with Crippen molar-refractivity contribution in [3.8, 4) is 0 Å². The molecule has 2 N–H and O–H groups in total. The first-order chi connectivity index (χ1) is 17.0. The lowest BCUT2D eigenvalue weighted by molar-refractivity contribution is -0.104. The Bertz CT molecular complexity index is 835. The summed E-state index contributed by atoms with van der Waals surface area (Å²) >= 11 is 0. The van der Waals surface area contributed by atoms with Crippen LogP contribution in [0.1, 0.15) is 0 Å². The van der Waals surface area contributed by atoms with E-state index in [9.17, 15) is 0 Å². The Kier molecular flexibility index (Phi) is 9.55. The van der Waals surface area contributed by atoms with Crippen molar-refractivity contribution in [1.29, 1.82) is 0 Å². The van der Waals surface area contributed by atoms with E-state index in [1.54, 1.807) is 0 Å². The molecule has 1 saturated carbocycles. The molecule has 4 atom stereocenters. The van der Waals surface area contributed by atoms with E-state index in [1.807, 2.05) is 0 Å². The summed E-state index contributed by atoms with van der Waals surface area (Å²) in [6.45, 7) is 3.94. The van der Waals surface area contributed by atoms with Crippen LogP contribution < -0.4 is 5.73 Å². The van der Waals surface area contributed by atoms with Gasteiger partial charge in [0.2, 0.25) is 0 Å². The Morgan fingerprint density at radius 2 is 0.919 bits per heavy atom. The van der Waals surface area contributed by atoms with Crippen LogP contribution in [-0.4, -0.2) is 174 Å². The van der Waals surface area contributed by atoms with Crippen molar-refractivity contribution in [2.45, 2.75) is 11.7 Å². The molecule has 2 heterocycles. The summed E-state index contributed by atoms with van der Waals surface area (Å²) in [7, 11) is 26.4. The van der Waals surface area contributed by atoms with Crippen LogP contribution in [0.2, 0.25) is 0 Å². The molecule has 218 valence electrons. The van der Waals surface area contributed by atoms with Crippen molar-refractivity contribution in [1.82, 2.24) is 37.8 Å². The summed E-state index contributed by atoms with van der Waals surface area (Å²) in [5.74, 6) is 1.17. The molecule has 2 aliphatic heterocycles. The highest BCUT2D eigenvalue weighted by atomic mass is 31.2. The van der Waals surface area contributed by atoms with Crippen LogP contribution in [0, 0.1) is 23.7 Å². The molecule has 0 spiro atoms. The molecule has 3 rings (SSSR count). The molecule has 0 amide bonds. The lowest BCUT2D eigenvalue weighted by atomic mass is 9.56. The zero-order valence-corrected chi connectivity index (χ0v) is 27.9. The zero-order chi connectivity index (χ0) is 28.2. The summed E-state index contributed by atoms with van der Waals surface area (Å²) in [6.07, 6.45) is 0. The minimum absolute atomic E-state index is 0.233. The molecular formula is C24H57N11P2. The largest absolute Gasteiger partial charge is 0.307 e. The maximum Gasteiger partial charge on any atom is 0.168 e. The molecule has 4 unspecified atom stereocenters. The van der Waals surface area contributed by atoms with Gasteiger partial charge in [0.1, 0.15) is 5.66 Å². The van der Waals surface area contributed by atoms with Crippen LogP contribution in [-0.2, 0) is 0 Å². The number of hydrogen-bond donors (Lipinski definition) is 1. The smallest absolute Gasteiger partial charge is 0.168 e. The third-order valence-electron chi connectivity index (χ3n) is 8.98. The summed E-state index contributed by atoms with van der Waals surface area (Å²) < 4.78 is 25.7. The highest BCUT2D eigenvalue weighted by Gasteiger charge is 2.63. The van der Waals surface area contributed by atoms with Gasteiger partial charge in [-0.3, -0.25) is 32.8 Å².